The molecule has 0 atom stereocenters. The fourth-order valence-electron chi connectivity index (χ4n) is 2.35. The summed E-state index contributed by atoms with van der Waals surface area (Å²) in [7, 11) is 0. The monoisotopic (exact) mass is 353 g/mol. The van der Waals surface area contributed by atoms with E-state index in [-0.39, 0.29) is 17.7 Å². The van der Waals surface area contributed by atoms with E-state index in [0.717, 1.165) is 22.9 Å². The molecule has 25 heavy (non-hydrogen) atoms. The van der Waals surface area contributed by atoms with Gasteiger partial charge >= 0.3 is 5.97 Å². The molecule has 3 rings (SSSR count). The second-order valence-electron chi connectivity index (χ2n) is 5.42. The van der Waals surface area contributed by atoms with Crippen molar-refractivity contribution in [2.75, 3.05) is 0 Å². The van der Waals surface area contributed by atoms with Crippen LogP contribution < -0.4 is 4.74 Å². The SMILES string of the molecule is CC(=O)Oc1ccc(/C=C2/SC(=O)N(Cc3ccccc3)C2=O)cc1. The summed E-state index contributed by atoms with van der Waals surface area (Å²) in [5, 5.41) is -0.281. The Hall–Kier alpha value is -2.86. The Bertz CT molecular complexity index is 843. The van der Waals surface area contributed by atoms with E-state index in [1.165, 1.54) is 11.8 Å². The third-order valence-corrected chi connectivity index (χ3v) is 4.40. The zero-order chi connectivity index (χ0) is 17.8. The minimum Gasteiger partial charge on any atom is -0.427 e. The summed E-state index contributed by atoms with van der Waals surface area (Å²) in [5.41, 5.74) is 1.65. The quantitative estimate of drug-likeness (QED) is 0.475. The highest BCUT2D eigenvalue weighted by Gasteiger charge is 2.34. The molecular formula is C19H15NO4S. The second-order valence-corrected chi connectivity index (χ2v) is 6.41. The van der Waals surface area contributed by atoms with Crippen LogP contribution >= 0.6 is 11.8 Å². The first-order valence-electron chi connectivity index (χ1n) is 7.61. The van der Waals surface area contributed by atoms with E-state index in [0.29, 0.717) is 10.7 Å². The molecular weight excluding hydrogens is 338 g/mol. The Labute approximate surface area is 149 Å². The Morgan fingerprint density at radius 3 is 2.40 bits per heavy atom. The average Bonchev–Trinajstić information content (AvgIpc) is 2.85. The summed E-state index contributed by atoms with van der Waals surface area (Å²) in [5.74, 6) is -0.264. The molecule has 5 nitrogen and oxygen atoms in total. The molecule has 1 saturated heterocycles. The number of carbonyl (C=O) groups is 3. The van der Waals surface area contributed by atoms with Gasteiger partial charge in [-0.3, -0.25) is 19.3 Å². The van der Waals surface area contributed by atoms with Crippen LogP contribution in [0.5, 0.6) is 5.75 Å². The number of ether oxygens (including phenoxy) is 1. The van der Waals surface area contributed by atoms with Gasteiger partial charge in [0, 0.05) is 6.92 Å². The summed E-state index contributed by atoms with van der Waals surface area (Å²) < 4.78 is 4.97. The van der Waals surface area contributed by atoms with Gasteiger partial charge in [0.2, 0.25) is 0 Å². The van der Waals surface area contributed by atoms with Crippen molar-refractivity contribution in [1.82, 2.24) is 4.90 Å². The molecule has 2 aromatic rings. The van der Waals surface area contributed by atoms with Crippen molar-refractivity contribution in [3.63, 3.8) is 0 Å². The van der Waals surface area contributed by atoms with Gasteiger partial charge in [-0.25, -0.2) is 0 Å². The highest BCUT2D eigenvalue weighted by atomic mass is 32.2. The van der Waals surface area contributed by atoms with Crippen molar-refractivity contribution in [1.29, 1.82) is 0 Å². The van der Waals surface area contributed by atoms with Crippen LogP contribution in [0.1, 0.15) is 18.1 Å². The molecule has 0 bridgehead atoms. The minimum absolute atomic E-state index is 0.258. The van der Waals surface area contributed by atoms with Crippen LogP contribution in [0.15, 0.2) is 59.5 Å². The van der Waals surface area contributed by atoms with Crippen LogP contribution in [0.25, 0.3) is 6.08 Å². The van der Waals surface area contributed by atoms with Gasteiger partial charge in [0.25, 0.3) is 11.1 Å². The molecule has 126 valence electrons. The number of imide groups is 1. The third kappa shape index (κ3) is 4.16. The number of thioether (sulfide) groups is 1. The topological polar surface area (TPSA) is 63.7 Å². The van der Waals surface area contributed by atoms with Gasteiger partial charge < -0.3 is 4.74 Å². The van der Waals surface area contributed by atoms with E-state index < -0.39 is 5.97 Å². The first-order chi connectivity index (χ1) is 12.0. The Morgan fingerprint density at radius 2 is 1.76 bits per heavy atom. The van der Waals surface area contributed by atoms with Gasteiger partial charge in [-0.15, -0.1) is 0 Å². The number of hydrogen-bond acceptors (Lipinski definition) is 5. The molecule has 2 amide bonds. The molecule has 0 aromatic heterocycles. The van der Waals surface area contributed by atoms with Crippen LogP contribution in [0.4, 0.5) is 4.79 Å². The van der Waals surface area contributed by atoms with Crippen LogP contribution in [0, 0.1) is 0 Å². The van der Waals surface area contributed by atoms with Crippen LogP contribution in [0.3, 0.4) is 0 Å². The van der Waals surface area contributed by atoms with Gasteiger partial charge in [-0.05, 0) is 41.1 Å². The lowest BCUT2D eigenvalue weighted by atomic mass is 10.2. The van der Waals surface area contributed by atoms with Crippen molar-refractivity contribution in [2.24, 2.45) is 0 Å². The van der Waals surface area contributed by atoms with Crippen molar-refractivity contribution >= 4 is 35.0 Å². The largest absolute Gasteiger partial charge is 0.427 e. The number of rotatable bonds is 4. The lowest BCUT2D eigenvalue weighted by Gasteiger charge is -2.12. The molecule has 0 spiro atoms. The molecule has 1 aliphatic heterocycles. The van der Waals surface area contributed by atoms with E-state index in [1.807, 2.05) is 30.3 Å². The Balaban J connectivity index is 1.74. The van der Waals surface area contributed by atoms with E-state index >= 15 is 0 Å². The van der Waals surface area contributed by atoms with E-state index in [2.05, 4.69) is 0 Å². The number of amides is 2. The van der Waals surface area contributed by atoms with E-state index in [9.17, 15) is 14.4 Å². The standard InChI is InChI=1S/C19H15NO4S/c1-13(21)24-16-9-7-14(8-10-16)11-17-18(22)20(19(23)25-17)12-15-5-3-2-4-6-15/h2-11H,12H2,1H3/b17-11+. The number of benzene rings is 2. The van der Waals surface area contributed by atoms with Gasteiger partial charge in [0.15, 0.2) is 0 Å². The summed E-state index contributed by atoms with van der Waals surface area (Å²) in [6.45, 7) is 1.59. The zero-order valence-corrected chi connectivity index (χ0v) is 14.3. The maximum absolute atomic E-state index is 12.5. The normalized spacial score (nSPS) is 15.7. The zero-order valence-electron chi connectivity index (χ0n) is 13.5. The van der Waals surface area contributed by atoms with Gasteiger partial charge in [0.05, 0.1) is 11.4 Å². The van der Waals surface area contributed by atoms with Gasteiger partial charge in [0.1, 0.15) is 5.75 Å². The predicted molar refractivity (Wildman–Crippen MR) is 95.7 cm³/mol. The third-order valence-electron chi connectivity index (χ3n) is 3.50. The van der Waals surface area contributed by atoms with Crippen LogP contribution in [0.2, 0.25) is 0 Å². The molecule has 1 fully saturated rings. The number of carbonyl (C=O) groups excluding carboxylic acids is 3. The molecule has 6 heteroatoms. The lowest BCUT2D eigenvalue weighted by molar-refractivity contribution is -0.131. The first-order valence-corrected chi connectivity index (χ1v) is 8.42. The molecule has 0 unspecified atom stereocenters. The van der Waals surface area contributed by atoms with Crippen molar-refractivity contribution in [3.8, 4) is 5.75 Å². The maximum atomic E-state index is 12.5. The fourth-order valence-corrected chi connectivity index (χ4v) is 3.19. The number of esters is 1. The van der Waals surface area contributed by atoms with Crippen LogP contribution in [-0.4, -0.2) is 22.0 Å². The maximum Gasteiger partial charge on any atom is 0.308 e. The molecule has 1 heterocycles. The Morgan fingerprint density at radius 1 is 1.08 bits per heavy atom. The highest BCUT2D eigenvalue weighted by molar-refractivity contribution is 8.18. The second kappa shape index (κ2) is 7.36. The lowest BCUT2D eigenvalue weighted by Crippen LogP contribution is -2.27. The molecule has 2 aromatic carbocycles. The van der Waals surface area contributed by atoms with Gasteiger partial charge in [-0.1, -0.05) is 42.5 Å². The minimum atomic E-state index is -0.394. The predicted octanol–water partition coefficient (Wildman–Crippen LogP) is 3.85. The number of hydrogen-bond donors (Lipinski definition) is 0. The number of nitrogens with zero attached hydrogens (tertiary/aromatic N) is 1. The fraction of sp³-hybridized carbons (Fsp3) is 0.105. The summed E-state index contributed by atoms with van der Waals surface area (Å²) >= 11 is 0.924. The molecule has 0 N–H and O–H groups in total. The summed E-state index contributed by atoms with van der Waals surface area (Å²) in [4.78, 5) is 37.1. The highest BCUT2D eigenvalue weighted by Crippen LogP contribution is 2.33. The summed E-state index contributed by atoms with van der Waals surface area (Å²) in [6.07, 6.45) is 1.66. The van der Waals surface area contributed by atoms with Crippen molar-refractivity contribution < 1.29 is 19.1 Å². The van der Waals surface area contributed by atoms with Gasteiger partial charge in [-0.2, -0.15) is 0 Å². The molecule has 0 saturated carbocycles. The van der Waals surface area contributed by atoms with Crippen molar-refractivity contribution in [2.45, 2.75) is 13.5 Å². The molecule has 1 aliphatic rings. The van der Waals surface area contributed by atoms with Crippen LogP contribution in [-0.2, 0) is 16.1 Å². The first kappa shape index (κ1) is 17.0. The Kier molecular flexibility index (Phi) is 5.00. The molecule has 0 radical (unpaired) electrons. The van der Waals surface area contributed by atoms with E-state index in [4.69, 9.17) is 4.74 Å². The van der Waals surface area contributed by atoms with E-state index in [1.54, 1.807) is 30.3 Å². The summed E-state index contributed by atoms with van der Waals surface area (Å²) in [6, 6.07) is 16.1. The average molecular weight is 353 g/mol. The smallest absolute Gasteiger partial charge is 0.308 e. The van der Waals surface area contributed by atoms with Crippen molar-refractivity contribution in [3.05, 3.63) is 70.6 Å². The molecule has 0 aliphatic carbocycles.